The predicted molar refractivity (Wildman–Crippen MR) is 79.7 cm³/mol. The van der Waals surface area contributed by atoms with Crippen molar-refractivity contribution >= 4 is 34.6 Å². The van der Waals surface area contributed by atoms with Crippen LogP contribution in [0.4, 0.5) is 5.69 Å². The lowest BCUT2D eigenvalue weighted by atomic mass is 10.1. The van der Waals surface area contributed by atoms with Crippen molar-refractivity contribution in [2.24, 2.45) is 0 Å². The van der Waals surface area contributed by atoms with Gasteiger partial charge in [0.05, 0.1) is 9.90 Å². The summed E-state index contributed by atoms with van der Waals surface area (Å²) in [5.41, 5.74) is 2.21. The van der Waals surface area contributed by atoms with Gasteiger partial charge in [0.15, 0.2) is 0 Å². The molecule has 0 unspecified atom stereocenters. The number of carbonyl (C=O) groups is 1. The molecule has 0 aliphatic rings. The molecule has 0 fully saturated rings. The van der Waals surface area contributed by atoms with Crippen LogP contribution in [0.5, 0.6) is 0 Å². The van der Waals surface area contributed by atoms with Crippen LogP contribution in [0, 0.1) is 6.92 Å². The number of carboxylic acids is 1. The van der Waals surface area contributed by atoms with Gasteiger partial charge in [-0.3, -0.25) is 0 Å². The van der Waals surface area contributed by atoms with Gasteiger partial charge in [-0.05, 0) is 49.2 Å². The van der Waals surface area contributed by atoms with E-state index in [9.17, 15) is 4.79 Å². The summed E-state index contributed by atoms with van der Waals surface area (Å²) in [4.78, 5) is 12.1. The summed E-state index contributed by atoms with van der Waals surface area (Å²) in [5, 5.41) is 12.2. The van der Waals surface area contributed by atoms with Gasteiger partial charge < -0.3 is 10.4 Å². The zero-order valence-corrected chi connectivity index (χ0v) is 12.0. The highest BCUT2D eigenvalue weighted by Gasteiger charge is 2.05. The Morgan fingerprint density at radius 3 is 2.74 bits per heavy atom. The van der Waals surface area contributed by atoms with Crippen LogP contribution in [0.15, 0.2) is 30.3 Å². The van der Waals surface area contributed by atoms with Crippen molar-refractivity contribution < 1.29 is 9.90 Å². The highest BCUT2D eigenvalue weighted by atomic mass is 35.5. The summed E-state index contributed by atoms with van der Waals surface area (Å²) in [6.07, 6.45) is 0.900. The molecule has 1 aromatic heterocycles. The first-order valence-corrected chi connectivity index (χ1v) is 7.08. The number of halogens is 1. The average molecular weight is 296 g/mol. The number of rotatable bonds is 5. The third kappa shape index (κ3) is 3.72. The van der Waals surface area contributed by atoms with E-state index in [1.54, 1.807) is 29.5 Å². The van der Waals surface area contributed by atoms with Gasteiger partial charge in [0, 0.05) is 17.1 Å². The summed E-state index contributed by atoms with van der Waals surface area (Å²) in [5.74, 6) is -0.900. The Kier molecular flexibility index (Phi) is 4.45. The number of benzene rings is 1. The van der Waals surface area contributed by atoms with Gasteiger partial charge >= 0.3 is 5.97 Å². The minimum absolute atomic E-state index is 0.313. The zero-order chi connectivity index (χ0) is 13.8. The molecule has 0 atom stereocenters. The lowest BCUT2D eigenvalue weighted by molar-refractivity contribution is 0.0697. The summed E-state index contributed by atoms with van der Waals surface area (Å²) in [6, 6.07) is 9.01. The van der Waals surface area contributed by atoms with Crippen LogP contribution in [-0.4, -0.2) is 17.6 Å². The number of hydrogen-bond donors (Lipinski definition) is 2. The second kappa shape index (κ2) is 6.08. The Balaban J connectivity index is 1.94. The Labute approximate surface area is 120 Å². The number of aromatic carboxylic acids is 1. The normalized spacial score (nSPS) is 10.4. The minimum Gasteiger partial charge on any atom is -0.478 e. The second-order valence-corrected chi connectivity index (χ2v) is 6.02. The number of nitrogens with one attached hydrogen (secondary N) is 1. The van der Waals surface area contributed by atoms with Gasteiger partial charge in [-0.15, -0.1) is 11.3 Å². The second-order valence-electron chi connectivity index (χ2n) is 4.22. The number of aryl methyl sites for hydroxylation is 1. The molecule has 0 saturated carbocycles. The van der Waals surface area contributed by atoms with E-state index in [-0.39, 0.29) is 0 Å². The first kappa shape index (κ1) is 13.9. The molecule has 5 heteroatoms. The Bertz CT molecular complexity index is 595. The maximum Gasteiger partial charge on any atom is 0.335 e. The first-order chi connectivity index (χ1) is 9.06. The first-order valence-electron chi connectivity index (χ1n) is 5.88. The number of carboxylic acid groups (broad SMARTS) is 1. The van der Waals surface area contributed by atoms with Gasteiger partial charge in [-0.1, -0.05) is 11.6 Å². The third-order valence-corrected chi connectivity index (χ3v) is 4.08. The summed E-state index contributed by atoms with van der Waals surface area (Å²) < 4.78 is 0.803. The standard InChI is InChI=1S/C14H14ClNO2S/c1-9-8-10(14(17)18)2-4-12(9)16-7-6-11-3-5-13(15)19-11/h2-5,8,16H,6-7H2,1H3,(H,17,18). The van der Waals surface area contributed by atoms with Crippen molar-refractivity contribution in [3.63, 3.8) is 0 Å². The van der Waals surface area contributed by atoms with E-state index >= 15 is 0 Å². The zero-order valence-electron chi connectivity index (χ0n) is 10.4. The van der Waals surface area contributed by atoms with E-state index in [0.29, 0.717) is 5.56 Å². The van der Waals surface area contributed by atoms with Crippen LogP contribution >= 0.6 is 22.9 Å². The highest BCUT2D eigenvalue weighted by molar-refractivity contribution is 7.16. The third-order valence-electron chi connectivity index (χ3n) is 2.79. The van der Waals surface area contributed by atoms with Crippen molar-refractivity contribution in [1.29, 1.82) is 0 Å². The van der Waals surface area contributed by atoms with Crippen LogP contribution in [0.1, 0.15) is 20.8 Å². The lowest BCUT2D eigenvalue weighted by Crippen LogP contribution is -2.06. The number of hydrogen-bond acceptors (Lipinski definition) is 3. The van der Waals surface area contributed by atoms with Gasteiger partial charge in [0.2, 0.25) is 0 Å². The molecule has 3 nitrogen and oxygen atoms in total. The van der Waals surface area contributed by atoms with Gasteiger partial charge in [-0.2, -0.15) is 0 Å². The minimum atomic E-state index is -0.900. The van der Waals surface area contributed by atoms with E-state index in [1.807, 2.05) is 19.1 Å². The van der Waals surface area contributed by atoms with E-state index in [0.717, 1.165) is 28.6 Å². The fraction of sp³-hybridized carbons (Fsp3) is 0.214. The molecule has 0 aliphatic carbocycles. The predicted octanol–water partition coefficient (Wildman–Crippen LogP) is 4.06. The Morgan fingerprint density at radius 1 is 1.37 bits per heavy atom. The van der Waals surface area contributed by atoms with Crippen LogP contribution < -0.4 is 5.32 Å². The van der Waals surface area contributed by atoms with Crippen LogP contribution in [0.25, 0.3) is 0 Å². The molecule has 2 N–H and O–H groups in total. The smallest absolute Gasteiger partial charge is 0.335 e. The molecule has 1 aromatic carbocycles. The molecule has 0 aliphatic heterocycles. The lowest BCUT2D eigenvalue weighted by Gasteiger charge is -2.09. The maximum absolute atomic E-state index is 10.8. The molecule has 19 heavy (non-hydrogen) atoms. The molecule has 2 aromatic rings. The van der Waals surface area contributed by atoms with E-state index in [2.05, 4.69) is 5.32 Å². The monoisotopic (exact) mass is 295 g/mol. The summed E-state index contributed by atoms with van der Waals surface area (Å²) >= 11 is 7.45. The molecular weight excluding hydrogens is 282 g/mol. The van der Waals surface area contributed by atoms with Crippen molar-refractivity contribution in [3.05, 3.63) is 50.7 Å². The fourth-order valence-corrected chi connectivity index (χ4v) is 2.89. The quantitative estimate of drug-likeness (QED) is 0.874. The fourth-order valence-electron chi connectivity index (χ4n) is 1.80. The molecular formula is C14H14ClNO2S. The van der Waals surface area contributed by atoms with Crippen LogP contribution in [-0.2, 0) is 6.42 Å². The number of anilines is 1. The largest absolute Gasteiger partial charge is 0.478 e. The Morgan fingerprint density at radius 2 is 2.16 bits per heavy atom. The van der Waals surface area contributed by atoms with Crippen molar-refractivity contribution in [2.75, 3.05) is 11.9 Å². The number of thiophene rings is 1. The maximum atomic E-state index is 10.8. The van der Waals surface area contributed by atoms with Crippen LogP contribution in [0.2, 0.25) is 4.34 Å². The van der Waals surface area contributed by atoms with Crippen molar-refractivity contribution in [3.8, 4) is 0 Å². The van der Waals surface area contributed by atoms with Gasteiger partial charge in [0.1, 0.15) is 0 Å². The Hall–Kier alpha value is -1.52. The molecule has 1 heterocycles. The molecule has 0 amide bonds. The summed E-state index contributed by atoms with van der Waals surface area (Å²) in [7, 11) is 0. The molecule has 0 bridgehead atoms. The topological polar surface area (TPSA) is 49.3 Å². The van der Waals surface area contributed by atoms with E-state index in [4.69, 9.17) is 16.7 Å². The van der Waals surface area contributed by atoms with Gasteiger partial charge in [0.25, 0.3) is 0 Å². The summed E-state index contributed by atoms with van der Waals surface area (Å²) in [6.45, 7) is 2.70. The van der Waals surface area contributed by atoms with Crippen LogP contribution in [0.3, 0.4) is 0 Å². The molecule has 2 rings (SSSR count). The molecule has 0 radical (unpaired) electrons. The van der Waals surface area contributed by atoms with Crippen molar-refractivity contribution in [1.82, 2.24) is 0 Å². The average Bonchev–Trinajstić information content (AvgIpc) is 2.77. The van der Waals surface area contributed by atoms with E-state index < -0.39 is 5.97 Å². The van der Waals surface area contributed by atoms with E-state index in [1.165, 1.54) is 4.88 Å². The van der Waals surface area contributed by atoms with Crippen molar-refractivity contribution in [2.45, 2.75) is 13.3 Å². The SMILES string of the molecule is Cc1cc(C(=O)O)ccc1NCCc1ccc(Cl)s1. The highest BCUT2D eigenvalue weighted by Crippen LogP contribution is 2.22. The molecule has 0 saturated heterocycles. The van der Waals surface area contributed by atoms with Gasteiger partial charge in [-0.25, -0.2) is 4.79 Å². The molecule has 100 valence electrons. The molecule has 0 spiro atoms.